The number of carbonyl (C=O) groups is 1. The molecule has 7 nitrogen and oxygen atoms in total. The molecule has 5 aromatic rings. The minimum Gasteiger partial charge on any atom is -0.494 e. The molecule has 1 heterocycles. The molecule has 0 aliphatic rings. The summed E-state index contributed by atoms with van der Waals surface area (Å²) < 4.78 is 13.4. The van der Waals surface area contributed by atoms with Gasteiger partial charge in [0.25, 0.3) is 5.91 Å². The minimum atomic E-state index is -0.731. The summed E-state index contributed by atoms with van der Waals surface area (Å²) >= 11 is 0. The number of rotatable bonds is 10. The summed E-state index contributed by atoms with van der Waals surface area (Å²) in [6.45, 7) is 4.44. The zero-order chi connectivity index (χ0) is 27.0. The van der Waals surface area contributed by atoms with Gasteiger partial charge in [0.05, 0.1) is 18.5 Å². The highest BCUT2D eigenvalue weighted by molar-refractivity contribution is 5.90. The Hall–Kier alpha value is -4.91. The molecule has 0 saturated heterocycles. The molecule has 0 fully saturated rings. The van der Waals surface area contributed by atoms with Gasteiger partial charge in [-0.2, -0.15) is 10.2 Å². The highest BCUT2D eigenvalue weighted by Crippen LogP contribution is 2.25. The Morgan fingerprint density at radius 1 is 0.949 bits per heavy atom. The maximum Gasteiger partial charge on any atom is 0.280 e. The summed E-state index contributed by atoms with van der Waals surface area (Å²) in [5.41, 5.74) is 5.92. The number of para-hydroxylation sites is 1. The van der Waals surface area contributed by atoms with Gasteiger partial charge >= 0.3 is 0 Å². The summed E-state index contributed by atoms with van der Waals surface area (Å²) in [5.74, 6) is 1.08. The molecule has 1 aromatic heterocycles. The summed E-state index contributed by atoms with van der Waals surface area (Å²) in [5, 5.41) is 11.2. The topological polar surface area (TPSA) is 77.7 Å². The van der Waals surface area contributed by atoms with Crippen molar-refractivity contribution in [3.05, 3.63) is 109 Å². The van der Waals surface area contributed by atoms with Crippen molar-refractivity contribution in [2.75, 3.05) is 6.61 Å². The van der Waals surface area contributed by atoms with Crippen LogP contribution in [-0.4, -0.2) is 34.6 Å². The van der Waals surface area contributed by atoms with Gasteiger partial charge in [-0.25, -0.2) is 10.1 Å². The fourth-order valence-electron chi connectivity index (χ4n) is 4.10. The van der Waals surface area contributed by atoms with Crippen LogP contribution < -0.4 is 14.9 Å². The minimum absolute atomic E-state index is 0.353. The van der Waals surface area contributed by atoms with E-state index in [0.717, 1.165) is 45.5 Å². The van der Waals surface area contributed by atoms with Gasteiger partial charge in [0, 0.05) is 17.3 Å². The molecule has 0 aliphatic carbocycles. The van der Waals surface area contributed by atoms with Crippen LogP contribution in [0.5, 0.6) is 11.5 Å². The van der Waals surface area contributed by atoms with Crippen LogP contribution >= 0.6 is 0 Å². The molecule has 0 aliphatic heterocycles. The molecule has 0 radical (unpaired) electrons. The lowest BCUT2D eigenvalue weighted by molar-refractivity contribution is -0.127. The third-order valence-electron chi connectivity index (χ3n) is 6.15. The lowest BCUT2D eigenvalue weighted by atomic mass is 10.1. The molecule has 0 spiro atoms. The highest BCUT2D eigenvalue weighted by Gasteiger charge is 2.15. The largest absolute Gasteiger partial charge is 0.494 e. The molecule has 1 atom stereocenters. The van der Waals surface area contributed by atoms with Crippen LogP contribution in [0.2, 0.25) is 0 Å². The third-order valence-corrected chi connectivity index (χ3v) is 6.15. The number of benzene rings is 4. The van der Waals surface area contributed by atoms with Crippen LogP contribution in [0.3, 0.4) is 0 Å². The summed E-state index contributed by atoms with van der Waals surface area (Å²) in [6.07, 6.45) is 3.70. The first-order chi connectivity index (χ1) is 19.1. The Bertz CT molecular complexity index is 1580. The maximum absolute atomic E-state index is 12.7. The van der Waals surface area contributed by atoms with Gasteiger partial charge < -0.3 is 9.47 Å². The summed E-state index contributed by atoms with van der Waals surface area (Å²) in [4.78, 5) is 12.7. The van der Waals surface area contributed by atoms with Crippen molar-refractivity contribution in [2.45, 2.75) is 26.4 Å². The lowest BCUT2D eigenvalue weighted by Gasteiger charge is -2.13. The molecule has 39 heavy (non-hydrogen) atoms. The van der Waals surface area contributed by atoms with Crippen LogP contribution in [-0.2, 0) is 4.79 Å². The second kappa shape index (κ2) is 12.1. The second-order valence-corrected chi connectivity index (χ2v) is 9.09. The monoisotopic (exact) mass is 518 g/mol. The van der Waals surface area contributed by atoms with E-state index < -0.39 is 6.10 Å². The predicted octanol–water partition coefficient (Wildman–Crippen LogP) is 6.40. The first-order valence-electron chi connectivity index (χ1n) is 13.0. The number of aromatic nitrogens is 2. The van der Waals surface area contributed by atoms with Crippen molar-refractivity contribution in [3.63, 3.8) is 0 Å². The Morgan fingerprint density at radius 2 is 1.67 bits per heavy atom. The molecule has 0 unspecified atom stereocenters. The van der Waals surface area contributed by atoms with Crippen LogP contribution in [0.1, 0.15) is 25.8 Å². The molecule has 0 saturated carbocycles. The lowest BCUT2D eigenvalue weighted by Crippen LogP contribution is -2.33. The van der Waals surface area contributed by atoms with Gasteiger partial charge in [-0.3, -0.25) is 4.79 Å². The van der Waals surface area contributed by atoms with Crippen molar-refractivity contribution in [1.29, 1.82) is 0 Å². The Morgan fingerprint density at radius 3 is 2.44 bits per heavy atom. The molecule has 7 heteroatoms. The zero-order valence-electron chi connectivity index (χ0n) is 22.0. The fourth-order valence-corrected chi connectivity index (χ4v) is 4.10. The van der Waals surface area contributed by atoms with E-state index in [-0.39, 0.29) is 5.91 Å². The summed E-state index contributed by atoms with van der Waals surface area (Å²) in [7, 11) is 0. The Kier molecular flexibility index (Phi) is 7.98. The SMILES string of the molecule is CCCOc1ccc(-c2nn(-c3ccccc3)cc2/C=N\NC(=O)[C@H](C)Oc2ccc3ccccc3c2)cc1. The van der Waals surface area contributed by atoms with E-state index in [9.17, 15) is 4.79 Å². The average molecular weight is 519 g/mol. The third kappa shape index (κ3) is 6.33. The molecule has 5 rings (SSSR count). The van der Waals surface area contributed by atoms with Gasteiger partial charge in [-0.15, -0.1) is 0 Å². The van der Waals surface area contributed by atoms with Gasteiger partial charge in [0.2, 0.25) is 0 Å². The van der Waals surface area contributed by atoms with Crippen molar-refractivity contribution < 1.29 is 14.3 Å². The van der Waals surface area contributed by atoms with Crippen molar-refractivity contribution in [2.24, 2.45) is 5.10 Å². The standard InChI is InChI=1S/C32H30N4O3/c1-3-19-38-29-16-14-25(15-17-29)31-27(22-36(35-31)28-11-5-4-6-12-28)21-33-34-32(37)23(2)39-30-18-13-24-9-7-8-10-26(24)20-30/h4-18,20-23H,3,19H2,1-2H3,(H,34,37)/b33-21-/t23-/m0/s1. The number of amides is 1. The predicted molar refractivity (Wildman–Crippen MR) is 155 cm³/mol. The average Bonchev–Trinajstić information content (AvgIpc) is 3.41. The van der Waals surface area contributed by atoms with Crippen molar-refractivity contribution in [1.82, 2.24) is 15.2 Å². The number of carbonyl (C=O) groups excluding carboxylic acids is 1. The Labute approximate surface area is 227 Å². The molecule has 4 aromatic carbocycles. The van der Waals surface area contributed by atoms with E-state index in [1.807, 2.05) is 103 Å². The van der Waals surface area contributed by atoms with Crippen LogP contribution in [0.25, 0.3) is 27.7 Å². The van der Waals surface area contributed by atoms with E-state index >= 15 is 0 Å². The first kappa shape index (κ1) is 25.7. The number of nitrogens with zero attached hydrogens (tertiary/aromatic N) is 3. The van der Waals surface area contributed by atoms with Gasteiger partial charge in [0.1, 0.15) is 17.2 Å². The Balaban J connectivity index is 1.31. The molecular weight excluding hydrogens is 488 g/mol. The fraction of sp³-hybridized carbons (Fsp3) is 0.156. The van der Waals surface area contributed by atoms with Crippen molar-refractivity contribution >= 4 is 22.9 Å². The molecular formula is C32H30N4O3. The number of hydrogen-bond donors (Lipinski definition) is 1. The van der Waals surface area contributed by atoms with Gasteiger partial charge in [-0.05, 0) is 72.6 Å². The second-order valence-electron chi connectivity index (χ2n) is 9.09. The number of hydrogen-bond acceptors (Lipinski definition) is 5. The molecule has 196 valence electrons. The van der Waals surface area contributed by atoms with E-state index in [1.54, 1.807) is 17.8 Å². The van der Waals surface area contributed by atoms with E-state index in [2.05, 4.69) is 17.5 Å². The molecule has 0 bridgehead atoms. The number of nitrogens with one attached hydrogen (secondary N) is 1. The quantitative estimate of drug-likeness (QED) is 0.171. The maximum atomic E-state index is 12.7. The van der Waals surface area contributed by atoms with Crippen LogP contribution in [0.4, 0.5) is 0 Å². The van der Waals surface area contributed by atoms with Gasteiger partial charge in [0.15, 0.2) is 6.10 Å². The van der Waals surface area contributed by atoms with Gasteiger partial charge in [-0.1, -0.05) is 55.5 Å². The smallest absolute Gasteiger partial charge is 0.280 e. The molecule has 1 amide bonds. The van der Waals surface area contributed by atoms with E-state index in [1.165, 1.54) is 0 Å². The molecule has 1 N–H and O–H groups in total. The normalized spacial score (nSPS) is 11.9. The zero-order valence-corrected chi connectivity index (χ0v) is 22.0. The summed E-state index contributed by atoms with van der Waals surface area (Å²) in [6, 6.07) is 31.4. The van der Waals surface area contributed by atoms with Crippen LogP contribution in [0.15, 0.2) is 108 Å². The van der Waals surface area contributed by atoms with E-state index in [4.69, 9.17) is 14.6 Å². The number of fused-ring (bicyclic) bond motifs is 1. The first-order valence-corrected chi connectivity index (χ1v) is 13.0. The van der Waals surface area contributed by atoms with E-state index in [0.29, 0.717) is 12.4 Å². The van der Waals surface area contributed by atoms with Crippen LogP contribution in [0, 0.1) is 0 Å². The number of ether oxygens (including phenoxy) is 2. The highest BCUT2D eigenvalue weighted by atomic mass is 16.5. The van der Waals surface area contributed by atoms with Crippen molar-refractivity contribution in [3.8, 4) is 28.4 Å². The number of hydrazone groups is 1.